The highest BCUT2D eigenvalue weighted by atomic mass is 35.5. The molecule has 0 aliphatic heterocycles. The Labute approximate surface area is 132 Å². The predicted octanol–water partition coefficient (Wildman–Crippen LogP) is 2.50. The summed E-state index contributed by atoms with van der Waals surface area (Å²) in [7, 11) is 0. The minimum atomic E-state index is -1.07. The van der Waals surface area contributed by atoms with E-state index in [9.17, 15) is 9.59 Å². The average Bonchev–Trinajstić information content (AvgIpc) is 2.98. The largest absolute Gasteiger partial charge is 0.481 e. The zero-order valence-electron chi connectivity index (χ0n) is 11.6. The van der Waals surface area contributed by atoms with Crippen molar-refractivity contribution in [3.63, 3.8) is 0 Å². The fraction of sp³-hybridized carbons (Fsp3) is 0.200. The lowest BCUT2D eigenvalue weighted by atomic mass is 10.1. The van der Waals surface area contributed by atoms with Gasteiger partial charge in [-0.3, -0.25) is 14.9 Å². The molecule has 3 N–H and O–H groups in total. The molecule has 6 nitrogen and oxygen atoms in total. The van der Waals surface area contributed by atoms with Gasteiger partial charge in [-0.05, 0) is 36.4 Å². The van der Waals surface area contributed by atoms with Crippen LogP contribution in [0.4, 0.5) is 5.69 Å². The van der Waals surface area contributed by atoms with Crippen molar-refractivity contribution in [3.8, 4) is 0 Å². The number of carbonyl (C=O) groups is 2. The SMILES string of the molecule is O=C(O)CC(NCc1ccco1)C(=O)Nc1ccc(Cl)cc1. The van der Waals surface area contributed by atoms with Crippen molar-refractivity contribution in [3.05, 3.63) is 53.4 Å². The summed E-state index contributed by atoms with van der Waals surface area (Å²) in [4.78, 5) is 23.1. The molecule has 1 heterocycles. The molecule has 1 atom stereocenters. The second kappa shape index (κ2) is 7.63. The summed E-state index contributed by atoms with van der Waals surface area (Å²) in [6, 6.07) is 9.14. The lowest BCUT2D eigenvalue weighted by molar-refractivity contribution is -0.139. The monoisotopic (exact) mass is 322 g/mol. The van der Waals surface area contributed by atoms with E-state index < -0.39 is 17.9 Å². The van der Waals surface area contributed by atoms with Gasteiger partial charge in [-0.15, -0.1) is 0 Å². The van der Waals surface area contributed by atoms with Gasteiger partial charge < -0.3 is 14.8 Å². The molecular weight excluding hydrogens is 308 g/mol. The third-order valence-electron chi connectivity index (χ3n) is 2.91. The number of aliphatic carboxylic acids is 1. The van der Waals surface area contributed by atoms with Crippen LogP contribution in [0.15, 0.2) is 47.1 Å². The summed E-state index contributed by atoms with van der Waals surface area (Å²) < 4.78 is 5.14. The number of rotatable bonds is 7. The van der Waals surface area contributed by atoms with Crippen LogP contribution in [0, 0.1) is 0 Å². The van der Waals surface area contributed by atoms with E-state index in [0.29, 0.717) is 16.5 Å². The Hall–Kier alpha value is -2.31. The van der Waals surface area contributed by atoms with Crippen molar-refractivity contribution in [2.75, 3.05) is 5.32 Å². The molecule has 7 heteroatoms. The van der Waals surface area contributed by atoms with Crippen molar-refractivity contribution in [2.24, 2.45) is 0 Å². The van der Waals surface area contributed by atoms with Crippen LogP contribution in [0.25, 0.3) is 0 Å². The van der Waals surface area contributed by atoms with Crippen LogP contribution in [0.2, 0.25) is 5.02 Å². The summed E-state index contributed by atoms with van der Waals surface area (Å²) in [5, 5.41) is 15.0. The highest BCUT2D eigenvalue weighted by molar-refractivity contribution is 6.30. The van der Waals surface area contributed by atoms with Crippen LogP contribution < -0.4 is 10.6 Å². The van der Waals surface area contributed by atoms with Crippen molar-refractivity contribution in [1.29, 1.82) is 0 Å². The number of carboxylic acid groups (broad SMARTS) is 1. The van der Waals surface area contributed by atoms with Gasteiger partial charge in [0.15, 0.2) is 0 Å². The Kier molecular flexibility index (Phi) is 5.57. The average molecular weight is 323 g/mol. The van der Waals surface area contributed by atoms with E-state index in [2.05, 4.69) is 10.6 Å². The Balaban J connectivity index is 1.98. The fourth-order valence-corrected chi connectivity index (χ4v) is 1.96. The van der Waals surface area contributed by atoms with E-state index in [1.54, 1.807) is 36.4 Å². The van der Waals surface area contributed by atoms with Crippen LogP contribution in [0.1, 0.15) is 12.2 Å². The molecule has 0 bridgehead atoms. The lowest BCUT2D eigenvalue weighted by Gasteiger charge is -2.16. The van der Waals surface area contributed by atoms with Gasteiger partial charge in [0, 0.05) is 10.7 Å². The van der Waals surface area contributed by atoms with E-state index in [1.807, 2.05) is 0 Å². The standard InChI is InChI=1S/C15H15ClN2O4/c16-10-3-5-11(6-4-10)18-15(21)13(8-14(19)20)17-9-12-2-1-7-22-12/h1-7,13,17H,8-9H2,(H,18,21)(H,19,20). The number of carboxylic acids is 1. The molecule has 0 spiro atoms. The molecule has 0 aliphatic rings. The molecule has 1 aromatic heterocycles. The van der Waals surface area contributed by atoms with E-state index >= 15 is 0 Å². The number of halogens is 1. The maximum absolute atomic E-state index is 12.2. The number of benzene rings is 1. The van der Waals surface area contributed by atoms with Gasteiger partial charge >= 0.3 is 5.97 Å². The molecule has 1 aromatic carbocycles. The first kappa shape index (κ1) is 16.1. The molecule has 2 aromatic rings. The lowest BCUT2D eigenvalue weighted by Crippen LogP contribution is -2.41. The van der Waals surface area contributed by atoms with E-state index in [4.69, 9.17) is 21.1 Å². The molecule has 0 aliphatic carbocycles. The number of furan rings is 1. The van der Waals surface area contributed by atoms with Gasteiger partial charge in [-0.25, -0.2) is 0 Å². The summed E-state index contributed by atoms with van der Waals surface area (Å²) >= 11 is 5.77. The highest BCUT2D eigenvalue weighted by Crippen LogP contribution is 2.14. The number of nitrogens with one attached hydrogen (secondary N) is 2. The molecule has 1 unspecified atom stereocenters. The first-order chi connectivity index (χ1) is 10.5. The molecule has 0 saturated heterocycles. The topological polar surface area (TPSA) is 91.6 Å². The van der Waals surface area contributed by atoms with E-state index in [-0.39, 0.29) is 13.0 Å². The Morgan fingerprint density at radius 1 is 1.23 bits per heavy atom. The smallest absolute Gasteiger partial charge is 0.305 e. The molecule has 2 rings (SSSR count). The number of carbonyl (C=O) groups excluding carboxylic acids is 1. The van der Waals surface area contributed by atoms with Gasteiger partial charge in [0.05, 0.1) is 25.3 Å². The first-order valence-electron chi connectivity index (χ1n) is 6.58. The maximum atomic E-state index is 12.2. The van der Waals surface area contributed by atoms with Crippen LogP contribution in [0.5, 0.6) is 0 Å². The van der Waals surface area contributed by atoms with Gasteiger partial charge in [0.25, 0.3) is 0 Å². The van der Waals surface area contributed by atoms with Crippen LogP contribution in [-0.2, 0) is 16.1 Å². The fourth-order valence-electron chi connectivity index (χ4n) is 1.83. The number of anilines is 1. The number of amides is 1. The molecule has 116 valence electrons. The molecule has 0 saturated carbocycles. The Morgan fingerprint density at radius 3 is 2.55 bits per heavy atom. The van der Waals surface area contributed by atoms with Crippen LogP contribution in [0.3, 0.4) is 0 Å². The van der Waals surface area contributed by atoms with Crippen LogP contribution in [-0.4, -0.2) is 23.0 Å². The second-order valence-electron chi connectivity index (χ2n) is 4.61. The van der Waals surface area contributed by atoms with Crippen molar-refractivity contribution >= 4 is 29.2 Å². The third-order valence-corrected chi connectivity index (χ3v) is 3.16. The molecule has 1 amide bonds. The van der Waals surface area contributed by atoms with E-state index in [0.717, 1.165) is 0 Å². The zero-order valence-corrected chi connectivity index (χ0v) is 12.3. The van der Waals surface area contributed by atoms with Gasteiger partial charge in [0.2, 0.25) is 5.91 Å². The van der Waals surface area contributed by atoms with Gasteiger partial charge in [0.1, 0.15) is 5.76 Å². The summed E-state index contributed by atoms with van der Waals surface area (Å²) in [6.07, 6.45) is 1.18. The van der Waals surface area contributed by atoms with Gasteiger partial charge in [-0.1, -0.05) is 11.6 Å². The molecule has 22 heavy (non-hydrogen) atoms. The quantitative estimate of drug-likeness (QED) is 0.728. The maximum Gasteiger partial charge on any atom is 0.305 e. The predicted molar refractivity (Wildman–Crippen MR) is 81.7 cm³/mol. The van der Waals surface area contributed by atoms with Crippen LogP contribution >= 0.6 is 11.6 Å². The minimum Gasteiger partial charge on any atom is -0.481 e. The van der Waals surface area contributed by atoms with Crippen molar-refractivity contribution < 1.29 is 19.1 Å². The summed E-state index contributed by atoms with van der Waals surface area (Å²) in [5.74, 6) is -0.880. The van der Waals surface area contributed by atoms with Gasteiger partial charge in [-0.2, -0.15) is 0 Å². The Morgan fingerprint density at radius 2 is 1.95 bits per heavy atom. The number of hydrogen-bond donors (Lipinski definition) is 3. The molecule has 0 fully saturated rings. The van der Waals surface area contributed by atoms with Crippen molar-refractivity contribution in [2.45, 2.75) is 19.0 Å². The normalized spacial score (nSPS) is 11.9. The highest BCUT2D eigenvalue weighted by Gasteiger charge is 2.21. The van der Waals surface area contributed by atoms with E-state index in [1.165, 1.54) is 6.26 Å². The third kappa shape index (κ3) is 4.91. The van der Waals surface area contributed by atoms with Crippen molar-refractivity contribution in [1.82, 2.24) is 5.32 Å². The molecule has 0 radical (unpaired) electrons. The Bertz CT molecular complexity index is 626. The summed E-state index contributed by atoms with van der Waals surface area (Å²) in [5.41, 5.74) is 0.546. The molecular formula is C15H15ClN2O4. The minimum absolute atomic E-state index is 0.263. The number of hydrogen-bond acceptors (Lipinski definition) is 4. The second-order valence-corrected chi connectivity index (χ2v) is 5.04. The summed E-state index contributed by atoms with van der Waals surface area (Å²) in [6.45, 7) is 0.263. The first-order valence-corrected chi connectivity index (χ1v) is 6.96. The zero-order chi connectivity index (χ0) is 15.9.